The van der Waals surface area contributed by atoms with Crippen LogP contribution in [0, 0.1) is 0 Å². The summed E-state index contributed by atoms with van der Waals surface area (Å²) in [5, 5.41) is 8.52. The number of halogens is 1. The van der Waals surface area contributed by atoms with Gasteiger partial charge in [-0.1, -0.05) is 0 Å². The van der Waals surface area contributed by atoms with E-state index in [1.807, 2.05) is 53.4 Å². The minimum atomic E-state index is 0. The maximum atomic E-state index is 5.71. The second-order valence-electron chi connectivity index (χ2n) is 5.47. The molecule has 0 fully saturated rings. The lowest BCUT2D eigenvalue weighted by Crippen LogP contribution is -2.39. The van der Waals surface area contributed by atoms with Gasteiger partial charge in [0, 0.05) is 24.3 Å². The van der Waals surface area contributed by atoms with Gasteiger partial charge in [-0.2, -0.15) is 0 Å². The standard InChI is InChI=1S/C18H23N5O2S.HI/c1-3-19-17(21-12-14-13-23-9-11-26-18(23)22-14)20-8-10-25-16-6-4-15(24-2)5-7-16;/h4-7,9,11,13H,3,8,10,12H2,1-2H3,(H2,19,20,21);1H. The first-order chi connectivity index (χ1) is 12.8. The van der Waals surface area contributed by atoms with Crippen LogP contribution in [-0.4, -0.2) is 42.2 Å². The molecule has 2 N–H and O–H groups in total. The van der Waals surface area contributed by atoms with Gasteiger partial charge in [-0.05, 0) is 31.2 Å². The van der Waals surface area contributed by atoms with Crippen LogP contribution < -0.4 is 20.1 Å². The average molecular weight is 501 g/mol. The van der Waals surface area contributed by atoms with Crippen molar-refractivity contribution in [2.45, 2.75) is 13.5 Å². The summed E-state index contributed by atoms with van der Waals surface area (Å²) in [6, 6.07) is 7.54. The highest BCUT2D eigenvalue weighted by molar-refractivity contribution is 14.0. The second-order valence-corrected chi connectivity index (χ2v) is 6.34. The monoisotopic (exact) mass is 501 g/mol. The van der Waals surface area contributed by atoms with Gasteiger partial charge in [0.15, 0.2) is 10.9 Å². The first kappa shape index (κ1) is 21.3. The molecule has 0 saturated carbocycles. The summed E-state index contributed by atoms with van der Waals surface area (Å²) in [5.74, 6) is 2.38. The highest BCUT2D eigenvalue weighted by Gasteiger charge is 2.03. The third-order valence-electron chi connectivity index (χ3n) is 3.61. The summed E-state index contributed by atoms with van der Waals surface area (Å²) in [4.78, 5) is 10.1. The summed E-state index contributed by atoms with van der Waals surface area (Å²) < 4.78 is 12.9. The molecular weight excluding hydrogens is 477 g/mol. The fourth-order valence-corrected chi connectivity index (χ4v) is 3.08. The van der Waals surface area contributed by atoms with Gasteiger partial charge in [0.25, 0.3) is 0 Å². The number of benzene rings is 1. The Bertz CT molecular complexity index is 818. The molecule has 9 heteroatoms. The largest absolute Gasteiger partial charge is 0.497 e. The van der Waals surface area contributed by atoms with Crippen molar-refractivity contribution in [3.63, 3.8) is 0 Å². The van der Waals surface area contributed by atoms with Crippen LogP contribution in [0.1, 0.15) is 12.6 Å². The van der Waals surface area contributed by atoms with Gasteiger partial charge in [0.1, 0.15) is 18.1 Å². The Kier molecular flexibility index (Phi) is 8.65. The lowest BCUT2D eigenvalue weighted by atomic mass is 10.3. The Morgan fingerprint density at radius 3 is 2.70 bits per heavy atom. The highest BCUT2D eigenvalue weighted by atomic mass is 127. The number of rotatable bonds is 8. The molecule has 0 unspecified atom stereocenters. The number of nitrogens with one attached hydrogen (secondary N) is 2. The van der Waals surface area contributed by atoms with Crippen LogP contribution in [0.5, 0.6) is 11.5 Å². The quantitative estimate of drug-likeness (QED) is 0.215. The van der Waals surface area contributed by atoms with Crippen LogP contribution in [0.4, 0.5) is 0 Å². The van der Waals surface area contributed by atoms with Crippen molar-refractivity contribution < 1.29 is 9.47 Å². The molecule has 0 atom stereocenters. The number of ether oxygens (including phenoxy) is 2. The maximum Gasteiger partial charge on any atom is 0.193 e. The first-order valence-electron chi connectivity index (χ1n) is 8.48. The molecule has 146 valence electrons. The molecule has 0 amide bonds. The van der Waals surface area contributed by atoms with E-state index in [0.717, 1.165) is 34.7 Å². The molecule has 0 saturated heterocycles. The molecule has 3 aromatic rings. The number of fused-ring (bicyclic) bond motifs is 1. The summed E-state index contributed by atoms with van der Waals surface area (Å²) in [6.07, 6.45) is 4.01. The fraction of sp³-hybridized carbons (Fsp3) is 0.333. The number of methoxy groups -OCH3 is 1. The molecule has 2 aromatic heterocycles. The Hall–Kier alpha value is -2.01. The zero-order valence-corrected chi connectivity index (χ0v) is 18.5. The van der Waals surface area contributed by atoms with Crippen molar-refractivity contribution in [3.8, 4) is 11.5 Å². The third kappa shape index (κ3) is 6.28. The summed E-state index contributed by atoms with van der Waals surface area (Å²) in [7, 11) is 1.65. The van der Waals surface area contributed by atoms with Crippen molar-refractivity contribution in [1.29, 1.82) is 0 Å². The van der Waals surface area contributed by atoms with E-state index >= 15 is 0 Å². The van der Waals surface area contributed by atoms with Gasteiger partial charge in [-0.3, -0.25) is 4.40 Å². The van der Waals surface area contributed by atoms with E-state index < -0.39 is 0 Å². The van der Waals surface area contributed by atoms with E-state index in [1.54, 1.807) is 18.4 Å². The molecule has 2 heterocycles. The van der Waals surface area contributed by atoms with Crippen LogP contribution in [0.3, 0.4) is 0 Å². The van der Waals surface area contributed by atoms with Gasteiger partial charge < -0.3 is 20.1 Å². The molecule has 7 nitrogen and oxygen atoms in total. The van der Waals surface area contributed by atoms with Crippen LogP contribution in [0.2, 0.25) is 0 Å². The maximum absolute atomic E-state index is 5.71. The fourth-order valence-electron chi connectivity index (χ4n) is 2.36. The number of nitrogens with zero attached hydrogens (tertiary/aromatic N) is 3. The van der Waals surface area contributed by atoms with E-state index in [0.29, 0.717) is 19.7 Å². The molecule has 0 aliphatic heterocycles. The van der Waals surface area contributed by atoms with Gasteiger partial charge in [-0.25, -0.2) is 9.98 Å². The Labute approximate surface area is 179 Å². The van der Waals surface area contributed by atoms with Crippen molar-refractivity contribution >= 4 is 46.2 Å². The summed E-state index contributed by atoms with van der Waals surface area (Å²) >= 11 is 1.62. The number of imidazole rings is 1. The van der Waals surface area contributed by atoms with E-state index in [4.69, 9.17) is 9.47 Å². The SMILES string of the molecule is CCNC(=NCc1cn2ccsc2n1)NCCOc1ccc(OC)cc1.I. The highest BCUT2D eigenvalue weighted by Crippen LogP contribution is 2.16. The molecule has 0 bridgehead atoms. The molecular formula is C18H24IN5O2S. The van der Waals surface area contributed by atoms with Crippen LogP contribution in [0.15, 0.2) is 47.0 Å². The molecule has 1 aromatic carbocycles. The zero-order chi connectivity index (χ0) is 18.2. The minimum Gasteiger partial charge on any atom is -0.497 e. The number of aliphatic imine (C=N–C) groups is 1. The summed E-state index contributed by atoms with van der Waals surface area (Å²) in [5.41, 5.74) is 0.948. The number of hydrogen-bond donors (Lipinski definition) is 2. The van der Waals surface area contributed by atoms with Gasteiger partial charge in [0.2, 0.25) is 0 Å². The molecule has 0 spiro atoms. The molecule has 0 aliphatic carbocycles. The topological polar surface area (TPSA) is 72.2 Å². The van der Waals surface area contributed by atoms with E-state index in [2.05, 4.69) is 20.6 Å². The molecule has 0 aliphatic rings. The molecule has 3 rings (SSSR count). The second kappa shape index (κ2) is 11.0. The van der Waals surface area contributed by atoms with Gasteiger partial charge in [0.05, 0.1) is 25.9 Å². The zero-order valence-electron chi connectivity index (χ0n) is 15.3. The van der Waals surface area contributed by atoms with E-state index in [9.17, 15) is 0 Å². The molecule has 27 heavy (non-hydrogen) atoms. The summed E-state index contributed by atoms with van der Waals surface area (Å²) in [6.45, 7) is 4.55. The predicted octanol–water partition coefficient (Wildman–Crippen LogP) is 3.16. The lowest BCUT2D eigenvalue weighted by molar-refractivity contribution is 0.321. The van der Waals surface area contributed by atoms with Crippen molar-refractivity contribution in [1.82, 2.24) is 20.0 Å². The predicted molar refractivity (Wildman–Crippen MR) is 120 cm³/mol. The third-order valence-corrected chi connectivity index (χ3v) is 4.38. The van der Waals surface area contributed by atoms with E-state index in [-0.39, 0.29) is 24.0 Å². The minimum absolute atomic E-state index is 0. The Morgan fingerprint density at radius 2 is 2.00 bits per heavy atom. The number of thiazole rings is 1. The number of hydrogen-bond acceptors (Lipinski definition) is 5. The first-order valence-corrected chi connectivity index (χ1v) is 9.36. The smallest absolute Gasteiger partial charge is 0.193 e. The van der Waals surface area contributed by atoms with Crippen LogP contribution in [0.25, 0.3) is 4.96 Å². The van der Waals surface area contributed by atoms with Crippen molar-refractivity contribution in [2.75, 3.05) is 26.8 Å². The molecule has 0 radical (unpaired) electrons. The van der Waals surface area contributed by atoms with Gasteiger partial charge in [-0.15, -0.1) is 35.3 Å². The van der Waals surface area contributed by atoms with Gasteiger partial charge >= 0.3 is 0 Å². The Balaban J connectivity index is 0.00000261. The van der Waals surface area contributed by atoms with Crippen molar-refractivity contribution in [3.05, 3.63) is 47.7 Å². The van der Waals surface area contributed by atoms with Crippen molar-refractivity contribution in [2.24, 2.45) is 4.99 Å². The Morgan fingerprint density at radius 1 is 1.22 bits per heavy atom. The lowest BCUT2D eigenvalue weighted by Gasteiger charge is -2.12. The van der Waals surface area contributed by atoms with E-state index in [1.165, 1.54) is 0 Å². The van der Waals surface area contributed by atoms with Crippen LogP contribution in [-0.2, 0) is 6.54 Å². The average Bonchev–Trinajstić information content (AvgIpc) is 3.25. The normalized spacial score (nSPS) is 11.1. The van der Waals surface area contributed by atoms with Crippen LogP contribution >= 0.6 is 35.3 Å². The number of aromatic nitrogens is 2. The number of guanidine groups is 1.